The number of rotatable bonds is 7. The fourth-order valence-corrected chi connectivity index (χ4v) is 4.14. The zero-order valence-electron chi connectivity index (χ0n) is 15.9. The molecule has 0 aromatic heterocycles. The van der Waals surface area contributed by atoms with Crippen molar-refractivity contribution in [1.82, 2.24) is 4.72 Å². The number of carbonyl (C=O) groups excluding carboxylic acids is 1. The first-order valence-corrected chi connectivity index (χ1v) is 11.0. The minimum absolute atomic E-state index is 0.107. The maximum Gasteiger partial charge on any atom is 0.262 e. The first-order chi connectivity index (χ1) is 13.5. The number of anilines is 1. The Labute approximate surface area is 166 Å². The molecule has 6 nitrogen and oxygen atoms in total. The van der Waals surface area contributed by atoms with E-state index in [9.17, 15) is 13.2 Å². The van der Waals surface area contributed by atoms with E-state index in [0.29, 0.717) is 37.3 Å². The molecule has 0 atom stereocenters. The standard InChI is InChI=1S/C21H25N3O3S/c1-2-16-8-10-17(11-9-16)12-13-21(25)23-18-5-3-6-19(15-18)28(26,27)24-20-7-4-14-22-20/h3,5-6,8-11,15H,2,4,7,12-14H2,1H3,(H,22,24)(H,23,25). The smallest absolute Gasteiger partial charge is 0.262 e. The number of hydrogen-bond acceptors (Lipinski definition) is 4. The van der Waals surface area contributed by atoms with E-state index >= 15 is 0 Å². The van der Waals surface area contributed by atoms with Crippen molar-refractivity contribution in [3.05, 3.63) is 59.7 Å². The molecule has 0 spiro atoms. The molecule has 1 aliphatic heterocycles. The summed E-state index contributed by atoms with van der Waals surface area (Å²) in [5.74, 6) is 0.339. The molecule has 28 heavy (non-hydrogen) atoms. The van der Waals surface area contributed by atoms with Crippen molar-refractivity contribution in [3.8, 4) is 0 Å². The van der Waals surface area contributed by atoms with E-state index in [4.69, 9.17) is 0 Å². The van der Waals surface area contributed by atoms with Crippen LogP contribution in [0.3, 0.4) is 0 Å². The van der Waals surface area contributed by atoms with Gasteiger partial charge < -0.3 is 5.32 Å². The van der Waals surface area contributed by atoms with Crippen LogP contribution in [0.2, 0.25) is 0 Å². The van der Waals surface area contributed by atoms with Gasteiger partial charge in [-0.1, -0.05) is 37.3 Å². The van der Waals surface area contributed by atoms with Gasteiger partial charge in [0.15, 0.2) is 0 Å². The molecule has 0 unspecified atom stereocenters. The minimum Gasteiger partial charge on any atom is -0.326 e. The van der Waals surface area contributed by atoms with Crippen molar-refractivity contribution >= 4 is 27.5 Å². The van der Waals surface area contributed by atoms with Gasteiger partial charge in [0.2, 0.25) is 5.91 Å². The number of benzene rings is 2. The van der Waals surface area contributed by atoms with Gasteiger partial charge in [-0.05, 0) is 48.6 Å². The maximum atomic E-state index is 12.5. The van der Waals surface area contributed by atoms with Crippen LogP contribution in [0.5, 0.6) is 0 Å². The molecular formula is C21H25N3O3S. The quantitative estimate of drug-likeness (QED) is 0.749. The fraction of sp³-hybridized carbons (Fsp3) is 0.333. The van der Waals surface area contributed by atoms with Crippen LogP contribution in [-0.4, -0.2) is 26.7 Å². The van der Waals surface area contributed by atoms with Gasteiger partial charge in [-0.25, -0.2) is 8.42 Å². The summed E-state index contributed by atoms with van der Waals surface area (Å²) in [5.41, 5.74) is 2.83. The van der Waals surface area contributed by atoms with E-state index < -0.39 is 10.0 Å². The molecule has 1 aliphatic rings. The topological polar surface area (TPSA) is 87.6 Å². The number of sulfonamides is 1. The van der Waals surface area contributed by atoms with Crippen molar-refractivity contribution in [3.63, 3.8) is 0 Å². The third-order valence-corrected chi connectivity index (χ3v) is 6.01. The van der Waals surface area contributed by atoms with Crippen LogP contribution in [0.1, 0.15) is 37.3 Å². The Kier molecular flexibility index (Phi) is 6.46. The normalized spacial score (nSPS) is 13.8. The van der Waals surface area contributed by atoms with Gasteiger partial charge in [-0.15, -0.1) is 0 Å². The van der Waals surface area contributed by atoms with Crippen LogP contribution in [0.15, 0.2) is 58.4 Å². The fourth-order valence-electron chi connectivity index (χ4n) is 3.00. The lowest BCUT2D eigenvalue weighted by Gasteiger charge is -2.10. The summed E-state index contributed by atoms with van der Waals surface area (Å²) in [5, 5.41) is 2.78. The molecule has 2 aromatic carbocycles. The number of aliphatic imine (C=N–C) groups is 1. The summed E-state index contributed by atoms with van der Waals surface area (Å²) in [4.78, 5) is 16.5. The van der Waals surface area contributed by atoms with Gasteiger partial charge >= 0.3 is 0 Å². The molecule has 1 amide bonds. The monoisotopic (exact) mass is 399 g/mol. The average Bonchev–Trinajstić information content (AvgIpc) is 3.19. The highest BCUT2D eigenvalue weighted by molar-refractivity contribution is 7.90. The number of nitrogens with one attached hydrogen (secondary N) is 2. The summed E-state index contributed by atoms with van der Waals surface area (Å²) >= 11 is 0. The van der Waals surface area contributed by atoms with Crippen molar-refractivity contribution in [2.24, 2.45) is 4.99 Å². The zero-order chi connectivity index (χ0) is 20.0. The summed E-state index contributed by atoms with van der Waals surface area (Å²) < 4.78 is 27.5. The molecule has 7 heteroatoms. The Morgan fingerprint density at radius 1 is 1.11 bits per heavy atom. The van der Waals surface area contributed by atoms with Crippen LogP contribution in [-0.2, 0) is 27.7 Å². The molecule has 2 aromatic rings. The predicted molar refractivity (Wildman–Crippen MR) is 111 cm³/mol. The van der Waals surface area contributed by atoms with E-state index in [2.05, 4.69) is 34.1 Å². The van der Waals surface area contributed by atoms with Gasteiger partial charge in [-0.3, -0.25) is 14.5 Å². The third-order valence-electron chi connectivity index (χ3n) is 4.63. The van der Waals surface area contributed by atoms with Gasteiger partial charge in [-0.2, -0.15) is 0 Å². The third kappa shape index (κ3) is 5.42. The van der Waals surface area contributed by atoms with Gasteiger partial charge in [0, 0.05) is 25.1 Å². The highest BCUT2D eigenvalue weighted by Crippen LogP contribution is 2.17. The highest BCUT2D eigenvalue weighted by Gasteiger charge is 2.18. The molecule has 2 N–H and O–H groups in total. The Morgan fingerprint density at radius 3 is 2.54 bits per heavy atom. The lowest BCUT2D eigenvalue weighted by molar-refractivity contribution is -0.116. The van der Waals surface area contributed by atoms with Gasteiger partial charge in [0.25, 0.3) is 10.0 Å². The molecule has 0 saturated heterocycles. The summed E-state index contributed by atoms with van der Waals surface area (Å²) in [6.45, 7) is 2.75. The van der Waals surface area contributed by atoms with Gasteiger partial charge in [0.1, 0.15) is 5.84 Å². The van der Waals surface area contributed by atoms with Crippen LogP contribution in [0.4, 0.5) is 5.69 Å². The SMILES string of the molecule is CCc1ccc(CCC(=O)Nc2cccc(S(=O)(=O)NC3=NCCC3)c2)cc1. The number of carbonyl (C=O) groups is 1. The lowest BCUT2D eigenvalue weighted by Crippen LogP contribution is -2.29. The second-order valence-corrected chi connectivity index (χ2v) is 8.47. The Balaban J connectivity index is 1.59. The molecule has 148 valence electrons. The molecule has 3 rings (SSSR count). The molecule has 0 fully saturated rings. The van der Waals surface area contributed by atoms with E-state index in [1.807, 2.05) is 12.1 Å². The zero-order valence-corrected chi connectivity index (χ0v) is 16.8. The molecule has 0 radical (unpaired) electrons. The Bertz CT molecular complexity index is 967. The summed E-state index contributed by atoms with van der Waals surface area (Å²) in [6, 6.07) is 14.5. The first kappa shape index (κ1) is 20.1. The number of aryl methyl sites for hydroxylation is 2. The van der Waals surface area contributed by atoms with E-state index in [-0.39, 0.29) is 10.8 Å². The summed E-state index contributed by atoms with van der Waals surface area (Å²) in [7, 11) is -3.70. The molecular weight excluding hydrogens is 374 g/mol. The number of nitrogens with zero attached hydrogens (tertiary/aromatic N) is 1. The van der Waals surface area contributed by atoms with Crippen molar-refractivity contribution in [1.29, 1.82) is 0 Å². The van der Waals surface area contributed by atoms with E-state index in [0.717, 1.165) is 18.4 Å². The van der Waals surface area contributed by atoms with Crippen molar-refractivity contribution < 1.29 is 13.2 Å². The van der Waals surface area contributed by atoms with E-state index in [1.165, 1.54) is 17.7 Å². The van der Waals surface area contributed by atoms with Crippen LogP contribution in [0, 0.1) is 0 Å². The van der Waals surface area contributed by atoms with Crippen LogP contribution < -0.4 is 10.0 Å². The first-order valence-electron chi connectivity index (χ1n) is 9.50. The molecule has 0 aliphatic carbocycles. The second kappa shape index (κ2) is 9.01. The Hall–Kier alpha value is -2.67. The Morgan fingerprint density at radius 2 is 1.86 bits per heavy atom. The minimum atomic E-state index is -3.70. The van der Waals surface area contributed by atoms with Crippen LogP contribution in [0.25, 0.3) is 0 Å². The average molecular weight is 400 g/mol. The summed E-state index contributed by atoms with van der Waals surface area (Å²) in [6.07, 6.45) is 3.44. The van der Waals surface area contributed by atoms with Crippen LogP contribution >= 0.6 is 0 Å². The molecule has 0 saturated carbocycles. The predicted octanol–water partition coefficient (Wildman–Crippen LogP) is 3.29. The number of amidine groups is 1. The second-order valence-electron chi connectivity index (χ2n) is 6.78. The maximum absolute atomic E-state index is 12.5. The van der Waals surface area contributed by atoms with Crippen molar-refractivity contribution in [2.75, 3.05) is 11.9 Å². The number of hydrogen-bond donors (Lipinski definition) is 2. The van der Waals surface area contributed by atoms with Gasteiger partial charge in [0.05, 0.1) is 4.90 Å². The van der Waals surface area contributed by atoms with E-state index in [1.54, 1.807) is 12.1 Å². The lowest BCUT2D eigenvalue weighted by atomic mass is 10.1. The molecule has 1 heterocycles. The highest BCUT2D eigenvalue weighted by atomic mass is 32.2. The van der Waals surface area contributed by atoms with Crippen molar-refractivity contribution in [2.45, 2.75) is 43.9 Å². The molecule has 0 bridgehead atoms. The largest absolute Gasteiger partial charge is 0.326 e. The number of amides is 1.